The maximum Gasteiger partial charge on any atom is 0.324 e. The van der Waals surface area contributed by atoms with Gasteiger partial charge in [0.1, 0.15) is 40.5 Å². The molecule has 5 rings (SSSR count). The van der Waals surface area contributed by atoms with Gasteiger partial charge in [-0.25, -0.2) is 14.5 Å². The molecule has 0 bridgehead atoms. The van der Waals surface area contributed by atoms with Crippen molar-refractivity contribution < 1.29 is 33.2 Å². The van der Waals surface area contributed by atoms with Gasteiger partial charge in [-0.05, 0) is 48.9 Å². The van der Waals surface area contributed by atoms with Gasteiger partial charge in [-0.15, -0.1) is 0 Å². The number of amides is 2. The summed E-state index contributed by atoms with van der Waals surface area (Å²) in [6.07, 6.45) is 1.96. The first kappa shape index (κ1) is 41.2. The van der Waals surface area contributed by atoms with Crippen LogP contribution >= 0.6 is 23.2 Å². The van der Waals surface area contributed by atoms with E-state index >= 15 is 0 Å². The molecule has 0 fully saturated rings. The molecular weight excluding hydrogens is 747 g/mol. The van der Waals surface area contributed by atoms with Crippen molar-refractivity contribution in [3.05, 3.63) is 106 Å². The van der Waals surface area contributed by atoms with Crippen molar-refractivity contribution >= 4 is 40.7 Å². The Balaban J connectivity index is 1.20. The Morgan fingerprint density at radius 2 is 1.53 bits per heavy atom. The van der Waals surface area contributed by atoms with Crippen LogP contribution in [-0.2, 0) is 26.0 Å². The van der Waals surface area contributed by atoms with Crippen LogP contribution in [0.3, 0.4) is 0 Å². The lowest BCUT2D eigenvalue weighted by molar-refractivity contribution is 0.0179. The van der Waals surface area contributed by atoms with Gasteiger partial charge in [0.25, 0.3) is 0 Å². The smallest absolute Gasteiger partial charge is 0.324 e. The average molecular weight is 794 g/mol. The third kappa shape index (κ3) is 12.0. The number of aryl methyl sites for hydroxylation is 1. The molecule has 2 N–H and O–H groups in total. The normalized spacial score (nSPS) is 11.3. The van der Waals surface area contributed by atoms with Gasteiger partial charge in [0.2, 0.25) is 5.88 Å². The first-order chi connectivity index (χ1) is 26.4. The zero-order valence-electron chi connectivity index (χ0n) is 31.8. The predicted molar refractivity (Wildman–Crippen MR) is 213 cm³/mol. The zero-order valence-corrected chi connectivity index (χ0v) is 33.3. The number of rotatable bonds is 18. The summed E-state index contributed by atoms with van der Waals surface area (Å²) in [6.45, 7) is 11.0. The average Bonchev–Trinajstić information content (AvgIpc) is 3.58. The van der Waals surface area contributed by atoms with E-state index in [4.69, 9.17) is 56.7 Å². The maximum absolute atomic E-state index is 13.3. The van der Waals surface area contributed by atoms with Crippen LogP contribution in [0.2, 0.25) is 10.0 Å². The van der Waals surface area contributed by atoms with E-state index in [1.54, 1.807) is 49.4 Å². The molecule has 13 nitrogen and oxygen atoms in total. The Bertz CT molecular complexity index is 2040. The van der Waals surface area contributed by atoms with Crippen molar-refractivity contribution in [1.82, 2.24) is 19.7 Å². The summed E-state index contributed by atoms with van der Waals surface area (Å²) < 4.78 is 35.0. The van der Waals surface area contributed by atoms with Crippen molar-refractivity contribution in [1.29, 1.82) is 0 Å². The second-order valence-corrected chi connectivity index (χ2v) is 14.2. The first-order valence-electron chi connectivity index (χ1n) is 17.6. The van der Waals surface area contributed by atoms with Crippen LogP contribution in [0.1, 0.15) is 43.4 Å². The fraction of sp³-hybridized carbons (Fsp3) is 0.350. The Kier molecular flexibility index (Phi) is 14.7. The molecule has 2 aromatic heterocycles. The third-order valence-electron chi connectivity index (χ3n) is 8.03. The largest absolute Gasteiger partial charge is 0.497 e. The summed E-state index contributed by atoms with van der Waals surface area (Å²) in [7, 11) is 3.22. The second kappa shape index (κ2) is 19.6. The van der Waals surface area contributed by atoms with Crippen molar-refractivity contribution in [3.8, 4) is 28.8 Å². The standard InChI is InChI=1S/C40H46Cl2N6O7/c1-26-7-9-28(10-8-26)48-35(25-33(47-48)40(2,3)4)46-39(49)44-31-11-12-32(38(42)37(31)41)55-36-13-14-43-34(45-36)23-27-21-29(51-6)24-30(22-27)54-20-19-53-18-17-52-16-15-50-5/h7-14,21-22,24-25H,15-20,23H2,1-6H3,(H2,44,46,49). The summed E-state index contributed by atoms with van der Waals surface area (Å²) in [6, 6.07) is 19.6. The van der Waals surface area contributed by atoms with Crippen molar-refractivity contribution in [2.75, 3.05) is 64.5 Å². The molecule has 0 saturated carbocycles. The Morgan fingerprint density at radius 1 is 0.818 bits per heavy atom. The molecule has 0 radical (unpaired) electrons. The molecule has 0 aliphatic rings. The lowest BCUT2D eigenvalue weighted by Crippen LogP contribution is -2.21. The topological polar surface area (TPSA) is 140 Å². The van der Waals surface area contributed by atoms with E-state index in [9.17, 15) is 4.79 Å². The van der Waals surface area contributed by atoms with Crippen LogP contribution in [0.5, 0.6) is 23.1 Å². The minimum absolute atomic E-state index is 0.0933. The number of aromatic nitrogens is 4. The van der Waals surface area contributed by atoms with Gasteiger partial charge in [-0.1, -0.05) is 61.7 Å². The van der Waals surface area contributed by atoms with Gasteiger partial charge in [0.15, 0.2) is 0 Å². The van der Waals surface area contributed by atoms with Crippen LogP contribution in [0, 0.1) is 6.92 Å². The predicted octanol–water partition coefficient (Wildman–Crippen LogP) is 8.67. The molecule has 292 valence electrons. The van der Waals surface area contributed by atoms with Crippen molar-refractivity contribution in [2.24, 2.45) is 0 Å². The highest BCUT2D eigenvalue weighted by molar-refractivity contribution is 6.45. The van der Waals surface area contributed by atoms with Crippen molar-refractivity contribution in [3.63, 3.8) is 0 Å². The van der Waals surface area contributed by atoms with Gasteiger partial charge in [-0.2, -0.15) is 10.1 Å². The number of nitrogens with zero attached hydrogens (tertiary/aromatic N) is 4. The third-order valence-corrected chi connectivity index (χ3v) is 8.89. The number of hydrogen-bond donors (Lipinski definition) is 2. The van der Waals surface area contributed by atoms with Gasteiger partial charge in [-0.3, -0.25) is 5.32 Å². The maximum atomic E-state index is 13.3. The number of nitrogens with one attached hydrogen (secondary N) is 2. The van der Waals surface area contributed by atoms with E-state index in [-0.39, 0.29) is 32.8 Å². The van der Waals surface area contributed by atoms with E-state index in [0.717, 1.165) is 22.5 Å². The number of benzene rings is 3. The van der Waals surface area contributed by atoms with Crippen molar-refractivity contribution in [2.45, 2.75) is 39.5 Å². The van der Waals surface area contributed by atoms with Crippen LogP contribution in [0.4, 0.5) is 16.3 Å². The van der Waals surface area contributed by atoms with E-state index in [1.165, 1.54) is 0 Å². The Labute approximate surface area is 331 Å². The fourth-order valence-electron chi connectivity index (χ4n) is 5.13. The Morgan fingerprint density at radius 3 is 2.24 bits per heavy atom. The van der Waals surface area contributed by atoms with E-state index in [0.29, 0.717) is 69.2 Å². The van der Waals surface area contributed by atoms with Gasteiger partial charge in [0.05, 0.1) is 62.2 Å². The minimum Gasteiger partial charge on any atom is -0.497 e. The summed E-state index contributed by atoms with van der Waals surface area (Å²) in [5.74, 6) is 2.73. The minimum atomic E-state index is -0.528. The molecule has 0 unspecified atom stereocenters. The number of hydrogen-bond acceptors (Lipinski definition) is 10. The highest BCUT2D eigenvalue weighted by Crippen LogP contribution is 2.39. The number of methoxy groups -OCH3 is 2. The Hall–Kier alpha value is -4.92. The van der Waals surface area contributed by atoms with Crippen LogP contribution in [-0.4, -0.2) is 79.6 Å². The number of carbonyl (C=O) groups is 1. The quantitative estimate of drug-likeness (QED) is 0.0829. The summed E-state index contributed by atoms with van der Waals surface area (Å²) in [4.78, 5) is 22.2. The van der Waals surface area contributed by atoms with E-state index in [1.807, 2.05) is 49.4 Å². The molecule has 55 heavy (non-hydrogen) atoms. The number of ether oxygens (including phenoxy) is 6. The number of carbonyl (C=O) groups excluding carboxylic acids is 1. The van der Waals surface area contributed by atoms with Crippen LogP contribution < -0.4 is 24.8 Å². The van der Waals surface area contributed by atoms with Gasteiger partial charge in [0, 0.05) is 43.3 Å². The van der Waals surface area contributed by atoms with E-state index < -0.39 is 6.03 Å². The second-order valence-electron chi connectivity index (χ2n) is 13.4. The highest BCUT2D eigenvalue weighted by Gasteiger charge is 2.22. The molecule has 5 aromatic rings. The van der Waals surface area contributed by atoms with E-state index in [2.05, 4.69) is 41.4 Å². The summed E-state index contributed by atoms with van der Waals surface area (Å²) >= 11 is 13.3. The molecule has 0 saturated heterocycles. The van der Waals surface area contributed by atoms with Gasteiger partial charge < -0.3 is 33.7 Å². The molecule has 0 spiro atoms. The molecule has 3 aromatic carbocycles. The number of urea groups is 1. The molecule has 2 heterocycles. The molecular formula is C40H46Cl2N6O7. The number of halogens is 2. The molecule has 15 heteroatoms. The summed E-state index contributed by atoms with van der Waals surface area (Å²) in [5, 5.41) is 10.6. The van der Waals surface area contributed by atoms with Crippen LogP contribution in [0.15, 0.2) is 72.9 Å². The first-order valence-corrected chi connectivity index (χ1v) is 18.4. The van der Waals surface area contributed by atoms with Gasteiger partial charge >= 0.3 is 6.03 Å². The SMILES string of the molecule is COCCOCCOCCOc1cc(Cc2nccc(Oc3ccc(NC(=O)Nc4cc(C(C)(C)C)nn4-c4ccc(C)cc4)c(Cl)c3Cl)n2)cc(OC)c1. The van der Waals surface area contributed by atoms with Crippen LogP contribution in [0.25, 0.3) is 5.69 Å². The summed E-state index contributed by atoms with van der Waals surface area (Å²) in [5.41, 5.74) is 3.64. The molecule has 0 aliphatic heterocycles. The monoisotopic (exact) mass is 792 g/mol. The fourth-order valence-corrected chi connectivity index (χ4v) is 5.54. The number of anilines is 2. The molecule has 0 aliphatic carbocycles. The zero-order chi connectivity index (χ0) is 39.4. The lowest BCUT2D eigenvalue weighted by Gasteiger charge is -2.14. The highest BCUT2D eigenvalue weighted by atomic mass is 35.5. The lowest BCUT2D eigenvalue weighted by atomic mass is 9.92. The molecule has 2 amide bonds. The molecule has 0 atom stereocenters.